The normalized spacial score (nSPS) is 27.9. The molecule has 1 unspecified atom stereocenters. The Morgan fingerprint density at radius 2 is 2.07 bits per heavy atom. The van der Waals surface area contributed by atoms with Gasteiger partial charge in [-0.25, -0.2) is 0 Å². The summed E-state index contributed by atoms with van der Waals surface area (Å²) < 4.78 is 0. The summed E-state index contributed by atoms with van der Waals surface area (Å²) in [6.07, 6.45) is 2.80. The van der Waals surface area contributed by atoms with Crippen LogP contribution in [0.2, 0.25) is 0 Å². The standard InChI is InChI=1S/C13H19NO/c1-14-9-5-8-13(15,11-14)10-12-6-3-2-4-7-12/h2-4,6-7,15H,5,8-11H2,1H3. The maximum absolute atomic E-state index is 10.5. The van der Waals surface area contributed by atoms with E-state index in [-0.39, 0.29) is 0 Å². The van der Waals surface area contributed by atoms with Crippen molar-refractivity contribution >= 4 is 0 Å². The molecule has 2 rings (SSSR count). The van der Waals surface area contributed by atoms with Crippen LogP contribution in [0.3, 0.4) is 0 Å². The Bertz CT molecular complexity index is 312. The number of hydrogen-bond donors (Lipinski definition) is 1. The number of β-amino-alcohol motifs (C(OH)–C–C–N with tert-alkyl or cyclic N) is 1. The number of rotatable bonds is 2. The molecule has 1 aliphatic heterocycles. The fourth-order valence-corrected chi connectivity index (χ4v) is 2.46. The van der Waals surface area contributed by atoms with E-state index in [1.807, 2.05) is 18.2 Å². The van der Waals surface area contributed by atoms with E-state index in [1.54, 1.807) is 0 Å². The number of benzene rings is 1. The first-order valence-electron chi connectivity index (χ1n) is 5.63. The fourth-order valence-electron chi connectivity index (χ4n) is 2.46. The van der Waals surface area contributed by atoms with Crippen LogP contribution >= 0.6 is 0 Å². The molecule has 2 heteroatoms. The molecule has 0 aromatic heterocycles. The third kappa shape index (κ3) is 2.80. The van der Waals surface area contributed by atoms with Gasteiger partial charge in [-0.2, -0.15) is 0 Å². The second-order valence-electron chi connectivity index (χ2n) is 4.73. The van der Waals surface area contributed by atoms with Gasteiger partial charge in [0, 0.05) is 13.0 Å². The van der Waals surface area contributed by atoms with E-state index in [0.717, 1.165) is 32.4 Å². The van der Waals surface area contributed by atoms with Crippen LogP contribution in [0, 0.1) is 0 Å². The molecular formula is C13H19NO. The van der Waals surface area contributed by atoms with E-state index in [0.29, 0.717) is 0 Å². The summed E-state index contributed by atoms with van der Waals surface area (Å²) in [5.41, 5.74) is 0.712. The largest absolute Gasteiger partial charge is 0.388 e. The van der Waals surface area contributed by atoms with Crippen LogP contribution in [0.25, 0.3) is 0 Å². The maximum atomic E-state index is 10.5. The van der Waals surface area contributed by atoms with E-state index < -0.39 is 5.60 Å². The Hall–Kier alpha value is -0.860. The summed E-state index contributed by atoms with van der Waals surface area (Å²) in [4.78, 5) is 2.21. The zero-order valence-electron chi connectivity index (χ0n) is 9.32. The van der Waals surface area contributed by atoms with Crippen LogP contribution in [-0.2, 0) is 6.42 Å². The highest BCUT2D eigenvalue weighted by Gasteiger charge is 2.31. The van der Waals surface area contributed by atoms with E-state index >= 15 is 0 Å². The molecule has 0 bridgehead atoms. The molecule has 0 saturated carbocycles. The molecule has 82 valence electrons. The number of piperidine rings is 1. The number of hydrogen-bond acceptors (Lipinski definition) is 2. The van der Waals surface area contributed by atoms with Crippen molar-refractivity contribution in [3.63, 3.8) is 0 Å². The minimum Gasteiger partial charge on any atom is -0.388 e. The number of likely N-dealkylation sites (N-methyl/N-ethyl adjacent to an activating group) is 1. The van der Waals surface area contributed by atoms with Gasteiger partial charge in [0.1, 0.15) is 0 Å². The van der Waals surface area contributed by atoms with Gasteiger partial charge in [-0.15, -0.1) is 0 Å². The van der Waals surface area contributed by atoms with Gasteiger partial charge in [-0.05, 0) is 32.0 Å². The lowest BCUT2D eigenvalue weighted by molar-refractivity contribution is -0.0223. The number of aliphatic hydroxyl groups is 1. The molecule has 0 spiro atoms. The van der Waals surface area contributed by atoms with E-state index in [2.05, 4.69) is 24.1 Å². The number of nitrogens with zero attached hydrogens (tertiary/aromatic N) is 1. The summed E-state index contributed by atoms with van der Waals surface area (Å²) in [6.45, 7) is 1.90. The average molecular weight is 205 g/mol. The summed E-state index contributed by atoms with van der Waals surface area (Å²) in [7, 11) is 2.08. The molecule has 0 aliphatic carbocycles. The fraction of sp³-hybridized carbons (Fsp3) is 0.538. The van der Waals surface area contributed by atoms with Gasteiger partial charge in [0.05, 0.1) is 5.60 Å². The highest BCUT2D eigenvalue weighted by atomic mass is 16.3. The van der Waals surface area contributed by atoms with E-state index in [4.69, 9.17) is 0 Å². The lowest BCUT2D eigenvalue weighted by atomic mass is 9.87. The van der Waals surface area contributed by atoms with Crippen molar-refractivity contribution in [3.05, 3.63) is 35.9 Å². The Kier molecular flexibility index (Phi) is 3.08. The molecule has 1 aromatic carbocycles. The quantitative estimate of drug-likeness (QED) is 0.794. The first-order valence-corrected chi connectivity index (χ1v) is 5.63. The molecule has 1 heterocycles. The molecular weight excluding hydrogens is 186 g/mol. The second kappa shape index (κ2) is 4.33. The second-order valence-corrected chi connectivity index (χ2v) is 4.73. The van der Waals surface area contributed by atoms with Gasteiger partial charge in [0.15, 0.2) is 0 Å². The first-order chi connectivity index (χ1) is 7.18. The molecule has 1 aromatic rings. The molecule has 0 amide bonds. The lowest BCUT2D eigenvalue weighted by Crippen LogP contribution is -2.47. The number of likely N-dealkylation sites (tertiary alicyclic amines) is 1. The molecule has 1 saturated heterocycles. The first kappa shape index (κ1) is 10.7. The van der Waals surface area contributed by atoms with Crippen LogP contribution < -0.4 is 0 Å². The monoisotopic (exact) mass is 205 g/mol. The lowest BCUT2D eigenvalue weighted by Gasteiger charge is -2.37. The van der Waals surface area contributed by atoms with Gasteiger partial charge in [0.2, 0.25) is 0 Å². The van der Waals surface area contributed by atoms with Crippen LogP contribution in [0.1, 0.15) is 18.4 Å². The molecule has 1 atom stereocenters. The van der Waals surface area contributed by atoms with Crippen molar-refractivity contribution in [1.82, 2.24) is 4.90 Å². The van der Waals surface area contributed by atoms with E-state index in [9.17, 15) is 5.11 Å². The topological polar surface area (TPSA) is 23.5 Å². The molecule has 2 nitrogen and oxygen atoms in total. The highest BCUT2D eigenvalue weighted by Crippen LogP contribution is 2.24. The van der Waals surface area contributed by atoms with E-state index in [1.165, 1.54) is 5.56 Å². The third-order valence-electron chi connectivity index (χ3n) is 3.12. The Balaban J connectivity index is 2.04. The molecule has 15 heavy (non-hydrogen) atoms. The molecule has 0 radical (unpaired) electrons. The van der Waals surface area contributed by atoms with Crippen molar-refractivity contribution in [1.29, 1.82) is 0 Å². The summed E-state index contributed by atoms with van der Waals surface area (Å²) in [6, 6.07) is 10.3. The van der Waals surface area contributed by atoms with Crippen molar-refractivity contribution in [3.8, 4) is 0 Å². The molecule has 1 N–H and O–H groups in total. The van der Waals surface area contributed by atoms with Gasteiger partial charge < -0.3 is 10.0 Å². The average Bonchev–Trinajstić information content (AvgIpc) is 2.18. The minimum absolute atomic E-state index is 0.519. The predicted octanol–water partition coefficient (Wildman–Crippen LogP) is 1.69. The molecule has 1 fully saturated rings. The smallest absolute Gasteiger partial charge is 0.0814 e. The van der Waals surface area contributed by atoms with Gasteiger partial charge >= 0.3 is 0 Å². The zero-order chi connectivity index (χ0) is 10.7. The van der Waals surface area contributed by atoms with Crippen molar-refractivity contribution in [2.45, 2.75) is 24.9 Å². The van der Waals surface area contributed by atoms with Gasteiger partial charge in [-0.3, -0.25) is 0 Å². The summed E-state index contributed by atoms with van der Waals surface area (Å²) >= 11 is 0. The van der Waals surface area contributed by atoms with Crippen LogP contribution in [-0.4, -0.2) is 35.7 Å². The van der Waals surface area contributed by atoms with Crippen LogP contribution in [0.15, 0.2) is 30.3 Å². The van der Waals surface area contributed by atoms with Crippen molar-refractivity contribution < 1.29 is 5.11 Å². The zero-order valence-corrected chi connectivity index (χ0v) is 9.32. The Morgan fingerprint density at radius 1 is 1.33 bits per heavy atom. The molecule has 1 aliphatic rings. The van der Waals surface area contributed by atoms with Crippen molar-refractivity contribution in [2.75, 3.05) is 20.1 Å². The predicted molar refractivity (Wildman–Crippen MR) is 61.8 cm³/mol. The van der Waals surface area contributed by atoms with Crippen LogP contribution in [0.4, 0.5) is 0 Å². The van der Waals surface area contributed by atoms with Gasteiger partial charge in [-0.1, -0.05) is 30.3 Å². The Labute approximate surface area is 91.5 Å². The highest BCUT2D eigenvalue weighted by molar-refractivity contribution is 5.17. The van der Waals surface area contributed by atoms with Gasteiger partial charge in [0.25, 0.3) is 0 Å². The summed E-state index contributed by atoms with van der Waals surface area (Å²) in [5.74, 6) is 0. The Morgan fingerprint density at radius 3 is 2.73 bits per heavy atom. The van der Waals surface area contributed by atoms with Crippen LogP contribution in [0.5, 0.6) is 0 Å². The summed E-state index contributed by atoms with van der Waals surface area (Å²) in [5, 5.41) is 10.5. The minimum atomic E-state index is -0.519. The SMILES string of the molecule is CN1CCCC(O)(Cc2ccccc2)C1. The van der Waals surface area contributed by atoms with Crippen molar-refractivity contribution in [2.24, 2.45) is 0 Å². The maximum Gasteiger partial charge on any atom is 0.0814 e. The third-order valence-corrected chi connectivity index (χ3v) is 3.12.